The van der Waals surface area contributed by atoms with Crippen molar-refractivity contribution in [3.05, 3.63) is 58.9 Å². The summed E-state index contributed by atoms with van der Waals surface area (Å²) in [5.41, 5.74) is 4.42. The molecule has 2 aromatic rings. The lowest BCUT2D eigenvalue weighted by molar-refractivity contribution is 0.334. The van der Waals surface area contributed by atoms with Gasteiger partial charge in [-0.15, -0.1) is 0 Å². The van der Waals surface area contributed by atoms with E-state index in [0.29, 0.717) is 6.61 Å². The molecule has 0 aliphatic heterocycles. The van der Waals surface area contributed by atoms with Crippen molar-refractivity contribution >= 4 is 0 Å². The van der Waals surface area contributed by atoms with Crippen molar-refractivity contribution < 1.29 is 4.74 Å². The fourth-order valence-electron chi connectivity index (χ4n) is 2.49. The summed E-state index contributed by atoms with van der Waals surface area (Å²) in [6, 6.07) is 12.4. The van der Waals surface area contributed by atoms with Crippen molar-refractivity contribution in [3.63, 3.8) is 0 Å². The first kappa shape index (κ1) is 14.5. The average Bonchev–Trinajstić information content (AvgIpc) is 2.44. The Morgan fingerprint density at radius 3 is 2.50 bits per heavy atom. The zero-order chi connectivity index (χ0) is 14.5. The van der Waals surface area contributed by atoms with Crippen molar-refractivity contribution in [2.24, 2.45) is 0 Å². The van der Waals surface area contributed by atoms with Gasteiger partial charge in [-0.3, -0.25) is 4.98 Å². The summed E-state index contributed by atoms with van der Waals surface area (Å²) < 4.78 is 5.74. The number of aryl methyl sites for hydroxylation is 2. The third kappa shape index (κ3) is 2.99. The first-order valence-electron chi connectivity index (χ1n) is 7.00. The predicted octanol–water partition coefficient (Wildman–Crippen LogP) is 3.41. The van der Waals surface area contributed by atoms with Gasteiger partial charge in [-0.1, -0.05) is 24.3 Å². The van der Waals surface area contributed by atoms with Crippen LogP contribution in [0.15, 0.2) is 36.4 Å². The minimum atomic E-state index is 0.0887. The fraction of sp³-hybridized carbons (Fsp3) is 0.353. The van der Waals surface area contributed by atoms with E-state index in [1.807, 2.05) is 39.1 Å². The Morgan fingerprint density at radius 2 is 1.85 bits per heavy atom. The quantitative estimate of drug-likeness (QED) is 0.904. The summed E-state index contributed by atoms with van der Waals surface area (Å²) in [5, 5.41) is 3.37. The second kappa shape index (κ2) is 6.53. The molecule has 0 saturated heterocycles. The van der Waals surface area contributed by atoms with Gasteiger partial charge in [-0.2, -0.15) is 0 Å². The van der Waals surface area contributed by atoms with Gasteiger partial charge in [0, 0.05) is 17.0 Å². The number of ether oxygens (including phenoxy) is 1. The van der Waals surface area contributed by atoms with Gasteiger partial charge in [0.15, 0.2) is 0 Å². The first-order chi connectivity index (χ1) is 9.67. The van der Waals surface area contributed by atoms with Crippen LogP contribution in [-0.2, 0) is 0 Å². The third-order valence-electron chi connectivity index (χ3n) is 3.40. The van der Waals surface area contributed by atoms with Crippen LogP contribution in [0.4, 0.5) is 0 Å². The number of nitrogens with zero attached hydrogens (tertiary/aromatic N) is 1. The second-order valence-electron chi connectivity index (χ2n) is 4.82. The lowest BCUT2D eigenvalue weighted by atomic mass is 9.96. The fourth-order valence-corrected chi connectivity index (χ4v) is 2.49. The van der Waals surface area contributed by atoms with Gasteiger partial charge in [0.05, 0.1) is 12.6 Å². The minimum Gasteiger partial charge on any atom is -0.494 e. The van der Waals surface area contributed by atoms with Gasteiger partial charge in [0.25, 0.3) is 0 Å². The van der Waals surface area contributed by atoms with E-state index in [-0.39, 0.29) is 6.04 Å². The molecule has 3 nitrogen and oxygen atoms in total. The van der Waals surface area contributed by atoms with Crippen LogP contribution in [0.1, 0.15) is 35.5 Å². The zero-order valence-electron chi connectivity index (χ0n) is 12.6. The summed E-state index contributed by atoms with van der Waals surface area (Å²) in [5.74, 6) is 0.925. The van der Waals surface area contributed by atoms with E-state index in [9.17, 15) is 0 Å². The molecule has 0 bridgehead atoms. The van der Waals surface area contributed by atoms with E-state index >= 15 is 0 Å². The van der Waals surface area contributed by atoms with Gasteiger partial charge in [0.2, 0.25) is 0 Å². The Labute approximate surface area is 121 Å². The lowest BCUT2D eigenvalue weighted by Crippen LogP contribution is -2.20. The number of hydrogen-bond donors (Lipinski definition) is 1. The van der Waals surface area contributed by atoms with E-state index in [1.54, 1.807) is 0 Å². The van der Waals surface area contributed by atoms with Crippen molar-refractivity contribution in [2.75, 3.05) is 13.7 Å². The molecule has 2 rings (SSSR count). The first-order valence-corrected chi connectivity index (χ1v) is 7.00. The van der Waals surface area contributed by atoms with E-state index in [1.165, 1.54) is 5.56 Å². The highest BCUT2D eigenvalue weighted by atomic mass is 16.5. The highest BCUT2D eigenvalue weighted by Gasteiger charge is 2.18. The van der Waals surface area contributed by atoms with Crippen LogP contribution in [0.3, 0.4) is 0 Å². The van der Waals surface area contributed by atoms with Crippen LogP contribution < -0.4 is 10.1 Å². The molecule has 1 unspecified atom stereocenters. The molecule has 1 aromatic heterocycles. The molecule has 0 aliphatic carbocycles. The van der Waals surface area contributed by atoms with Crippen LogP contribution in [0, 0.1) is 13.8 Å². The topological polar surface area (TPSA) is 34.1 Å². The molecular weight excluding hydrogens is 248 g/mol. The third-order valence-corrected chi connectivity index (χ3v) is 3.40. The van der Waals surface area contributed by atoms with Gasteiger partial charge in [-0.25, -0.2) is 0 Å². The van der Waals surface area contributed by atoms with Crippen LogP contribution >= 0.6 is 0 Å². The van der Waals surface area contributed by atoms with E-state index in [4.69, 9.17) is 4.74 Å². The maximum atomic E-state index is 5.74. The number of hydrogen-bond acceptors (Lipinski definition) is 3. The lowest BCUT2D eigenvalue weighted by Gasteiger charge is -2.21. The van der Waals surface area contributed by atoms with Gasteiger partial charge >= 0.3 is 0 Å². The number of para-hydroxylation sites is 1. The summed E-state index contributed by atoms with van der Waals surface area (Å²) in [4.78, 5) is 4.56. The highest BCUT2D eigenvalue weighted by molar-refractivity contribution is 5.42. The van der Waals surface area contributed by atoms with Crippen LogP contribution in [0.2, 0.25) is 0 Å². The van der Waals surface area contributed by atoms with E-state index < -0.39 is 0 Å². The number of nitrogens with one attached hydrogen (secondary N) is 1. The average molecular weight is 270 g/mol. The van der Waals surface area contributed by atoms with Gasteiger partial charge in [0.1, 0.15) is 5.75 Å². The normalized spacial score (nSPS) is 12.2. The number of rotatable bonds is 5. The Kier molecular flexibility index (Phi) is 4.74. The van der Waals surface area contributed by atoms with Crippen molar-refractivity contribution in [2.45, 2.75) is 26.8 Å². The molecule has 20 heavy (non-hydrogen) atoms. The summed E-state index contributed by atoms with van der Waals surface area (Å²) in [7, 11) is 1.96. The second-order valence-corrected chi connectivity index (χ2v) is 4.82. The Morgan fingerprint density at radius 1 is 1.10 bits per heavy atom. The highest BCUT2D eigenvalue weighted by Crippen LogP contribution is 2.31. The molecular formula is C17H22N2O. The smallest absolute Gasteiger partial charge is 0.124 e. The van der Waals surface area contributed by atoms with E-state index in [2.05, 4.69) is 35.4 Å². The molecule has 106 valence electrons. The Balaban J connectivity index is 2.47. The van der Waals surface area contributed by atoms with Crippen LogP contribution in [0.5, 0.6) is 5.75 Å². The largest absolute Gasteiger partial charge is 0.494 e. The molecule has 1 aromatic carbocycles. The molecule has 0 aliphatic rings. The number of benzene rings is 1. The maximum Gasteiger partial charge on any atom is 0.124 e. The zero-order valence-corrected chi connectivity index (χ0v) is 12.6. The molecule has 0 amide bonds. The molecule has 1 atom stereocenters. The summed E-state index contributed by atoms with van der Waals surface area (Å²) >= 11 is 0. The summed E-state index contributed by atoms with van der Waals surface area (Å²) in [6.45, 7) is 6.73. The Bertz CT molecular complexity index is 581. The van der Waals surface area contributed by atoms with Crippen LogP contribution in [0.25, 0.3) is 0 Å². The maximum absolute atomic E-state index is 5.74. The Hall–Kier alpha value is -1.87. The summed E-state index contributed by atoms with van der Waals surface area (Å²) in [6.07, 6.45) is 0. The van der Waals surface area contributed by atoms with Crippen molar-refractivity contribution in [3.8, 4) is 5.75 Å². The molecule has 3 heteroatoms. The molecule has 0 saturated carbocycles. The molecule has 1 heterocycles. The number of aromatic nitrogens is 1. The van der Waals surface area contributed by atoms with Gasteiger partial charge < -0.3 is 10.1 Å². The van der Waals surface area contributed by atoms with E-state index in [0.717, 1.165) is 22.7 Å². The predicted molar refractivity (Wildman–Crippen MR) is 82.2 cm³/mol. The van der Waals surface area contributed by atoms with Gasteiger partial charge in [-0.05, 0) is 45.5 Å². The molecule has 1 N–H and O–H groups in total. The minimum absolute atomic E-state index is 0.0887. The van der Waals surface area contributed by atoms with Crippen molar-refractivity contribution in [1.29, 1.82) is 0 Å². The SMILES string of the molecule is CCOc1ccccc1C(NC)c1ccc(C)nc1C. The monoisotopic (exact) mass is 270 g/mol. The molecule has 0 fully saturated rings. The molecule has 0 radical (unpaired) electrons. The number of pyridine rings is 1. The van der Waals surface area contributed by atoms with Crippen molar-refractivity contribution in [1.82, 2.24) is 10.3 Å². The standard InChI is InChI=1S/C17H22N2O/c1-5-20-16-9-7-6-8-15(16)17(18-4)14-11-10-12(2)19-13(14)3/h6-11,17-18H,5H2,1-4H3. The van der Waals surface area contributed by atoms with Crippen LogP contribution in [-0.4, -0.2) is 18.6 Å². The molecule has 0 spiro atoms.